The van der Waals surface area contributed by atoms with Crippen LogP contribution in [0.15, 0.2) is 36.4 Å². The van der Waals surface area contributed by atoms with Gasteiger partial charge in [-0.3, -0.25) is 4.79 Å². The minimum absolute atomic E-state index is 0.197. The van der Waals surface area contributed by atoms with E-state index >= 15 is 0 Å². The highest BCUT2D eigenvalue weighted by Crippen LogP contribution is 2.38. The van der Waals surface area contributed by atoms with Crippen LogP contribution in [0.2, 0.25) is 5.02 Å². The smallest absolute Gasteiger partial charge is 0.339 e. The number of anilines is 1. The van der Waals surface area contributed by atoms with Gasteiger partial charge in [-0.05, 0) is 80.9 Å². The maximum atomic E-state index is 14.5. The van der Waals surface area contributed by atoms with Gasteiger partial charge in [-0.25, -0.2) is 13.6 Å². The van der Waals surface area contributed by atoms with E-state index in [1.807, 2.05) is 4.90 Å². The van der Waals surface area contributed by atoms with Crippen LogP contribution in [-0.4, -0.2) is 44.5 Å². The highest BCUT2D eigenvalue weighted by atomic mass is 35.5. The Hall–Kier alpha value is -2.51. The number of piperidine rings is 2. The molecule has 0 aromatic heterocycles. The van der Waals surface area contributed by atoms with Gasteiger partial charge in [0.25, 0.3) is 0 Å². The fourth-order valence-corrected chi connectivity index (χ4v) is 5.40. The van der Waals surface area contributed by atoms with Gasteiger partial charge in [0.1, 0.15) is 11.6 Å². The number of carbonyl (C=O) groups excluding carboxylic acids is 2. The first-order valence-corrected chi connectivity index (χ1v) is 11.6. The fraction of sp³-hybridized carbons (Fsp3) is 0.440. The molecule has 2 aromatic rings. The van der Waals surface area contributed by atoms with Crippen LogP contribution in [0.3, 0.4) is 0 Å². The second-order valence-electron chi connectivity index (χ2n) is 8.70. The van der Waals surface area contributed by atoms with E-state index in [4.69, 9.17) is 16.3 Å². The van der Waals surface area contributed by atoms with Crippen LogP contribution in [0, 0.1) is 23.5 Å². The van der Waals surface area contributed by atoms with Crippen molar-refractivity contribution < 1.29 is 23.1 Å². The summed E-state index contributed by atoms with van der Waals surface area (Å²) in [4.78, 5) is 27.3. The zero-order valence-corrected chi connectivity index (χ0v) is 19.2. The molecule has 2 heterocycles. The minimum atomic E-state index is -0.858. The Kier molecular flexibility index (Phi) is 7.29. The van der Waals surface area contributed by atoms with Gasteiger partial charge in [-0.15, -0.1) is 0 Å². The molecule has 4 rings (SSSR count). The van der Waals surface area contributed by atoms with Crippen molar-refractivity contribution in [1.29, 1.82) is 0 Å². The maximum Gasteiger partial charge on any atom is 0.339 e. The minimum Gasteiger partial charge on any atom is -0.465 e. The molecule has 5 nitrogen and oxygen atoms in total. The number of nitrogens with zero attached hydrogens (tertiary/aromatic N) is 1. The lowest BCUT2D eigenvalue weighted by atomic mass is 9.75. The van der Waals surface area contributed by atoms with Crippen molar-refractivity contribution in [2.75, 3.05) is 31.6 Å². The van der Waals surface area contributed by atoms with Crippen molar-refractivity contribution in [3.05, 3.63) is 64.2 Å². The number of rotatable bonds is 5. The topological polar surface area (TPSA) is 58.6 Å². The van der Waals surface area contributed by atoms with E-state index in [2.05, 4.69) is 5.32 Å². The number of hydrogen-bond donors (Lipinski definition) is 1. The van der Waals surface area contributed by atoms with Crippen LogP contribution >= 0.6 is 11.6 Å². The maximum absolute atomic E-state index is 14.5. The lowest BCUT2D eigenvalue weighted by Gasteiger charge is -2.43. The molecule has 2 saturated heterocycles. The number of carbonyl (C=O) groups is 2. The third-order valence-electron chi connectivity index (χ3n) is 6.89. The summed E-state index contributed by atoms with van der Waals surface area (Å²) >= 11 is 6.33. The molecule has 2 aromatic carbocycles. The molecular formula is C25H27ClF2N2O3. The van der Waals surface area contributed by atoms with E-state index in [0.29, 0.717) is 24.6 Å². The van der Waals surface area contributed by atoms with E-state index in [1.165, 1.54) is 13.2 Å². The highest BCUT2D eigenvalue weighted by molar-refractivity contribution is 6.33. The molecule has 0 amide bonds. The van der Waals surface area contributed by atoms with Crippen LogP contribution in [0.25, 0.3) is 0 Å². The van der Waals surface area contributed by atoms with E-state index in [1.54, 1.807) is 18.2 Å². The average molecular weight is 477 g/mol. The quantitative estimate of drug-likeness (QED) is 0.492. The fourth-order valence-electron chi connectivity index (χ4n) is 5.15. The molecule has 2 aliphatic rings. The van der Waals surface area contributed by atoms with Crippen molar-refractivity contribution in [3.63, 3.8) is 0 Å². The summed E-state index contributed by atoms with van der Waals surface area (Å²) in [5.41, 5.74) is 0.345. The van der Waals surface area contributed by atoms with Crippen LogP contribution in [0.4, 0.5) is 14.5 Å². The lowest BCUT2D eigenvalue weighted by molar-refractivity contribution is 0.0600. The predicted octanol–water partition coefficient (Wildman–Crippen LogP) is 4.87. The molecule has 2 unspecified atom stereocenters. The molecule has 0 radical (unpaired) electrons. The van der Waals surface area contributed by atoms with E-state index in [9.17, 15) is 18.4 Å². The molecular weight excluding hydrogens is 450 g/mol. The molecule has 1 N–H and O–H groups in total. The standard InChI is InChI=1S/C25H27ClF2N2O3/c1-33-25(32)18-6-5-17(14-19(18)26)30-12-9-16(15-7-10-29-11-8-15)13-22(30)24(31)23-20(27)3-2-4-21(23)28/h2-6,14-16,22,29H,7-13H2,1H3. The number of hydrogen-bond acceptors (Lipinski definition) is 5. The first kappa shape index (κ1) is 23.6. The van der Waals surface area contributed by atoms with Crippen LogP contribution in [0.1, 0.15) is 46.4 Å². The van der Waals surface area contributed by atoms with Gasteiger partial charge in [0.2, 0.25) is 0 Å². The normalized spacial score (nSPS) is 21.6. The van der Waals surface area contributed by atoms with E-state index in [0.717, 1.165) is 44.5 Å². The number of nitrogens with one attached hydrogen (secondary N) is 1. The van der Waals surface area contributed by atoms with Crippen molar-refractivity contribution in [1.82, 2.24) is 5.32 Å². The Bertz CT molecular complexity index is 1020. The van der Waals surface area contributed by atoms with Gasteiger partial charge in [-0.2, -0.15) is 0 Å². The molecule has 8 heteroatoms. The Morgan fingerprint density at radius 1 is 1.06 bits per heavy atom. The number of Topliss-reactive ketones (excluding diaryl/α,β-unsaturated/α-hetero) is 1. The number of benzene rings is 2. The molecule has 0 saturated carbocycles. The second kappa shape index (κ2) is 10.2. The molecule has 33 heavy (non-hydrogen) atoms. The zero-order chi connectivity index (χ0) is 23.5. The number of ketones is 1. The Labute approximate surface area is 197 Å². The van der Waals surface area contributed by atoms with E-state index in [-0.39, 0.29) is 16.5 Å². The molecule has 0 bridgehead atoms. The summed E-state index contributed by atoms with van der Waals surface area (Å²) in [6, 6.07) is 7.59. The summed E-state index contributed by atoms with van der Waals surface area (Å²) in [7, 11) is 1.27. The average Bonchev–Trinajstić information content (AvgIpc) is 2.83. The van der Waals surface area contributed by atoms with Gasteiger partial charge in [0, 0.05) is 12.2 Å². The van der Waals surface area contributed by atoms with Crippen LogP contribution in [0.5, 0.6) is 0 Å². The monoisotopic (exact) mass is 476 g/mol. The van der Waals surface area contributed by atoms with E-state index < -0.39 is 35.0 Å². The first-order chi connectivity index (χ1) is 15.9. The molecule has 0 aliphatic carbocycles. The third-order valence-corrected chi connectivity index (χ3v) is 7.21. The van der Waals surface area contributed by atoms with Crippen LogP contribution < -0.4 is 10.2 Å². The summed E-state index contributed by atoms with van der Waals surface area (Å²) in [6.07, 6.45) is 3.43. The summed E-state index contributed by atoms with van der Waals surface area (Å²) in [5, 5.41) is 3.56. The SMILES string of the molecule is COC(=O)c1ccc(N2CCC(C3CCNCC3)CC2C(=O)c2c(F)cccc2F)cc1Cl. The number of halogens is 3. The molecule has 2 fully saturated rings. The Morgan fingerprint density at radius 3 is 2.39 bits per heavy atom. The zero-order valence-electron chi connectivity index (χ0n) is 18.5. The largest absolute Gasteiger partial charge is 0.465 e. The second-order valence-corrected chi connectivity index (χ2v) is 9.10. The highest BCUT2D eigenvalue weighted by Gasteiger charge is 2.39. The van der Waals surface area contributed by atoms with Crippen molar-refractivity contribution in [2.24, 2.45) is 11.8 Å². The Morgan fingerprint density at radius 2 is 1.76 bits per heavy atom. The summed E-state index contributed by atoms with van der Waals surface area (Å²) in [5.74, 6) is -2.09. The first-order valence-electron chi connectivity index (χ1n) is 11.2. The Balaban J connectivity index is 1.68. The molecule has 0 spiro atoms. The predicted molar refractivity (Wildman–Crippen MR) is 123 cm³/mol. The molecule has 2 aliphatic heterocycles. The van der Waals surface area contributed by atoms with Crippen LogP contribution in [-0.2, 0) is 4.74 Å². The van der Waals surface area contributed by atoms with Crippen molar-refractivity contribution >= 4 is 29.0 Å². The van der Waals surface area contributed by atoms with Gasteiger partial charge >= 0.3 is 5.97 Å². The molecule has 2 atom stereocenters. The summed E-state index contributed by atoms with van der Waals surface area (Å²) in [6.45, 7) is 2.43. The lowest BCUT2D eigenvalue weighted by Crippen LogP contribution is -2.49. The van der Waals surface area contributed by atoms with Crippen molar-refractivity contribution in [3.8, 4) is 0 Å². The number of methoxy groups -OCH3 is 1. The van der Waals surface area contributed by atoms with Crippen molar-refractivity contribution in [2.45, 2.75) is 31.7 Å². The summed E-state index contributed by atoms with van der Waals surface area (Å²) < 4.78 is 33.8. The number of esters is 1. The van der Waals surface area contributed by atoms with Gasteiger partial charge in [0.15, 0.2) is 5.78 Å². The van der Waals surface area contributed by atoms with Gasteiger partial charge in [-0.1, -0.05) is 17.7 Å². The molecule has 176 valence electrons. The van der Waals surface area contributed by atoms with Gasteiger partial charge < -0.3 is 15.0 Å². The third kappa shape index (κ3) is 4.89. The van der Waals surface area contributed by atoms with Gasteiger partial charge in [0.05, 0.1) is 29.3 Å². The number of ether oxygens (including phenoxy) is 1.